The van der Waals surface area contributed by atoms with Gasteiger partial charge in [-0.3, -0.25) is 4.79 Å². The lowest BCUT2D eigenvalue weighted by atomic mass is 10.0. The number of rotatable bonds is 4. The molecule has 0 aliphatic carbocycles. The van der Waals surface area contributed by atoms with Gasteiger partial charge in [-0.1, -0.05) is 12.1 Å². The Morgan fingerprint density at radius 3 is 2.33 bits per heavy atom. The van der Waals surface area contributed by atoms with E-state index in [2.05, 4.69) is 10.3 Å². The molecule has 0 saturated heterocycles. The second kappa shape index (κ2) is 6.04. The Bertz CT molecular complexity index is 681. The first-order valence-electron chi connectivity index (χ1n) is 6.40. The molecule has 1 amide bonds. The summed E-state index contributed by atoms with van der Waals surface area (Å²) in [6, 6.07) is 9.93. The zero-order chi connectivity index (χ0) is 15.4. The quantitative estimate of drug-likeness (QED) is 0.742. The van der Waals surface area contributed by atoms with Crippen LogP contribution in [-0.4, -0.2) is 28.5 Å². The maximum Gasteiger partial charge on any atom is 0.354 e. The first-order valence-corrected chi connectivity index (χ1v) is 6.40. The Labute approximate surface area is 121 Å². The van der Waals surface area contributed by atoms with Crippen LogP contribution in [0.3, 0.4) is 0 Å². The molecule has 21 heavy (non-hydrogen) atoms. The Morgan fingerprint density at radius 1 is 1.14 bits per heavy atom. The Balaban J connectivity index is 2.52. The zero-order valence-electron chi connectivity index (χ0n) is 11.5. The lowest BCUT2D eigenvalue weighted by Crippen LogP contribution is -2.24. The molecule has 0 aliphatic heterocycles. The van der Waals surface area contributed by atoms with Gasteiger partial charge in [-0.2, -0.15) is 0 Å². The Kier molecular flexibility index (Phi) is 4.18. The third kappa shape index (κ3) is 3.36. The summed E-state index contributed by atoms with van der Waals surface area (Å²) in [5.74, 6) is -1.59. The molecular formula is C15H15N3O3. The minimum absolute atomic E-state index is 0.0728. The van der Waals surface area contributed by atoms with Gasteiger partial charge in [0.1, 0.15) is 11.4 Å². The van der Waals surface area contributed by atoms with Crippen LogP contribution >= 0.6 is 0 Å². The summed E-state index contributed by atoms with van der Waals surface area (Å²) in [6.45, 7) is 2.22. The molecule has 6 nitrogen and oxygen atoms in total. The van der Waals surface area contributed by atoms with Crippen molar-refractivity contribution in [3.63, 3.8) is 0 Å². The van der Waals surface area contributed by atoms with Crippen LogP contribution < -0.4 is 11.1 Å². The van der Waals surface area contributed by atoms with E-state index in [1.54, 1.807) is 37.3 Å². The smallest absolute Gasteiger partial charge is 0.354 e. The van der Waals surface area contributed by atoms with E-state index in [0.29, 0.717) is 17.8 Å². The fourth-order valence-electron chi connectivity index (χ4n) is 1.85. The van der Waals surface area contributed by atoms with Gasteiger partial charge in [0.25, 0.3) is 5.91 Å². The second-order valence-electron chi connectivity index (χ2n) is 4.41. The Morgan fingerprint density at radius 2 is 1.76 bits per heavy atom. The van der Waals surface area contributed by atoms with Gasteiger partial charge in [0.05, 0.1) is 0 Å². The number of benzene rings is 1. The van der Waals surface area contributed by atoms with Crippen LogP contribution in [0.5, 0.6) is 0 Å². The molecule has 0 aliphatic rings. The van der Waals surface area contributed by atoms with E-state index in [0.717, 1.165) is 5.56 Å². The van der Waals surface area contributed by atoms with Gasteiger partial charge < -0.3 is 16.2 Å². The third-order valence-electron chi connectivity index (χ3n) is 2.86. The predicted molar refractivity (Wildman–Crippen MR) is 79.1 cm³/mol. The summed E-state index contributed by atoms with van der Waals surface area (Å²) in [4.78, 5) is 26.9. The fourth-order valence-corrected chi connectivity index (χ4v) is 1.85. The van der Waals surface area contributed by atoms with Gasteiger partial charge in [-0.25, -0.2) is 9.78 Å². The maximum absolute atomic E-state index is 11.9. The van der Waals surface area contributed by atoms with Crippen LogP contribution in [0.2, 0.25) is 0 Å². The van der Waals surface area contributed by atoms with Gasteiger partial charge in [-0.15, -0.1) is 0 Å². The summed E-state index contributed by atoms with van der Waals surface area (Å²) in [6.07, 6.45) is 0. The van der Waals surface area contributed by atoms with Gasteiger partial charge >= 0.3 is 5.97 Å². The largest absolute Gasteiger partial charge is 0.477 e. The lowest BCUT2D eigenvalue weighted by molar-refractivity contribution is 0.0690. The molecule has 0 radical (unpaired) electrons. The van der Waals surface area contributed by atoms with Gasteiger partial charge in [0, 0.05) is 12.2 Å². The molecule has 0 unspecified atom stereocenters. The van der Waals surface area contributed by atoms with E-state index in [1.807, 2.05) is 0 Å². The highest BCUT2D eigenvalue weighted by Crippen LogP contribution is 2.22. The second-order valence-corrected chi connectivity index (χ2v) is 4.41. The van der Waals surface area contributed by atoms with Crippen LogP contribution in [0.1, 0.15) is 27.9 Å². The van der Waals surface area contributed by atoms with Crippen molar-refractivity contribution >= 4 is 17.6 Å². The number of hydrogen-bond donors (Lipinski definition) is 3. The van der Waals surface area contributed by atoms with Crippen molar-refractivity contribution in [3.8, 4) is 11.1 Å². The highest BCUT2D eigenvalue weighted by molar-refractivity contribution is 5.96. The number of hydrogen-bond acceptors (Lipinski definition) is 4. The van der Waals surface area contributed by atoms with Crippen LogP contribution in [0.15, 0.2) is 36.4 Å². The van der Waals surface area contributed by atoms with Gasteiger partial charge in [-0.05, 0) is 42.3 Å². The first kappa shape index (κ1) is 14.5. The van der Waals surface area contributed by atoms with E-state index in [9.17, 15) is 9.59 Å². The summed E-state index contributed by atoms with van der Waals surface area (Å²) in [5.41, 5.74) is 7.50. The number of nitrogen functional groups attached to an aromatic ring is 1. The van der Waals surface area contributed by atoms with E-state index >= 15 is 0 Å². The number of amides is 1. The Hall–Kier alpha value is -2.89. The number of aromatic nitrogens is 1. The molecule has 6 heteroatoms. The number of nitrogens with one attached hydrogen (secondary N) is 1. The van der Waals surface area contributed by atoms with Crippen molar-refractivity contribution in [3.05, 3.63) is 47.8 Å². The number of nitrogens with zero attached hydrogens (tertiary/aromatic N) is 1. The van der Waals surface area contributed by atoms with Crippen LogP contribution in [0, 0.1) is 0 Å². The molecule has 0 atom stereocenters. The number of nitrogens with two attached hydrogens (primary N) is 1. The number of aromatic carboxylic acids is 1. The number of pyridine rings is 1. The van der Waals surface area contributed by atoms with Gasteiger partial charge in [0.2, 0.25) is 0 Å². The number of carbonyl (C=O) groups is 2. The first-order chi connectivity index (χ1) is 10.0. The van der Waals surface area contributed by atoms with E-state index < -0.39 is 11.9 Å². The molecule has 0 spiro atoms. The average Bonchev–Trinajstić information content (AvgIpc) is 2.47. The summed E-state index contributed by atoms with van der Waals surface area (Å²) < 4.78 is 0. The number of carbonyl (C=O) groups excluding carboxylic acids is 1. The van der Waals surface area contributed by atoms with E-state index in [1.165, 1.54) is 6.07 Å². The highest BCUT2D eigenvalue weighted by Gasteiger charge is 2.14. The molecule has 108 valence electrons. The fraction of sp³-hybridized carbons (Fsp3) is 0.133. The predicted octanol–water partition coefficient (Wildman–Crippen LogP) is 1.78. The molecular weight excluding hydrogens is 270 g/mol. The molecule has 2 rings (SSSR count). The molecule has 0 saturated carbocycles. The topological polar surface area (TPSA) is 105 Å². The molecule has 2 aromatic rings. The third-order valence-corrected chi connectivity index (χ3v) is 2.86. The van der Waals surface area contributed by atoms with E-state index in [-0.39, 0.29) is 11.4 Å². The van der Waals surface area contributed by atoms with Crippen molar-refractivity contribution in [2.75, 3.05) is 12.3 Å². The molecule has 0 fully saturated rings. The molecule has 4 N–H and O–H groups in total. The lowest BCUT2D eigenvalue weighted by Gasteiger charge is -2.07. The van der Waals surface area contributed by atoms with Crippen molar-refractivity contribution in [1.29, 1.82) is 0 Å². The standard InChI is InChI=1S/C15H15N3O3/c1-2-17-14(19)12-7-10(8-13(18-12)15(20)21)9-3-5-11(16)6-4-9/h3-8H,2,16H2,1H3,(H,17,19)(H,20,21). The minimum Gasteiger partial charge on any atom is -0.477 e. The summed E-state index contributed by atoms with van der Waals surface area (Å²) in [5, 5.41) is 11.7. The SMILES string of the molecule is CCNC(=O)c1cc(-c2ccc(N)cc2)cc(C(=O)O)n1. The van der Waals surface area contributed by atoms with E-state index in [4.69, 9.17) is 10.8 Å². The van der Waals surface area contributed by atoms with Crippen LogP contribution in [0.4, 0.5) is 5.69 Å². The maximum atomic E-state index is 11.9. The van der Waals surface area contributed by atoms with Crippen molar-refractivity contribution < 1.29 is 14.7 Å². The highest BCUT2D eigenvalue weighted by atomic mass is 16.4. The van der Waals surface area contributed by atoms with Gasteiger partial charge in [0.15, 0.2) is 0 Å². The monoisotopic (exact) mass is 285 g/mol. The van der Waals surface area contributed by atoms with Crippen molar-refractivity contribution in [1.82, 2.24) is 10.3 Å². The average molecular weight is 285 g/mol. The van der Waals surface area contributed by atoms with Crippen molar-refractivity contribution in [2.24, 2.45) is 0 Å². The summed E-state index contributed by atoms with van der Waals surface area (Å²) >= 11 is 0. The summed E-state index contributed by atoms with van der Waals surface area (Å²) in [7, 11) is 0. The molecule has 1 aromatic heterocycles. The minimum atomic E-state index is -1.18. The van der Waals surface area contributed by atoms with Crippen LogP contribution in [0.25, 0.3) is 11.1 Å². The molecule has 1 heterocycles. The zero-order valence-corrected chi connectivity index (χ0v) is 11.5. The normalized spacial score (nSPS) is 10.1. The number of anilines is 1. The van der Waals surface area contributed by atoms with Crippen molar-refractivity contribution in [2.45, 2.75) is 6.92 Å². The number of carboxylic acids is 1. The molecule has 0 bridgehead atoms. The van der Waals surface area contributed by atoms with Crippen LogP contribution in [-0.2, 0) is 0 Å². The molecule has 1 aromatic carbocycles. The number of carboxylic acid groups (broad SMARTS) is 1.